The Labute approximate surface area is 97.8 Å². The van der Waals surface area contributed by atoms with Crippen LogP contribution >= 0.6 is 0 Å². The monoisotopic (exact) mass is 225 g/mol. The summed E-state index contributed by atoms with van der Waals surface area (Å²) in [7, 11) is 0. The van der Waals surface area contributed by atoms with Crippen molar-refractivity contribution in [3.05, 3.63) is 0 Å². The summed E-state index contributed by atoms with van der Waals surface area (Å²) in [5.74, 6) is 0.960. The smallest absolute Gasteiger partial charge is 0.229 e. The van der Waals surface area contributed by atoms with Gasteiger partial charge in [-0.05, 0) is 39.3 Å². The molecule has 0 radical (unpaired) electrons. The number of rotatable bonds is 2. The van der Waals surface area contributed by atoms with Gasteiger partial charge in [-0.25, -0.2) is 0 Å². The molecule has 1 unspecified atom stereocenters. The van der Waals surface area contributed by atoms with Gasteiger partial charge in [-0.15, -0.1) is 0 Å². The van der Waals surface area contributed by atoms with E-state index in [9.17, 15) is 4.79 Å². The SMILES string of the molecule is CC1(C)CNCCN(CC2CCNC2)C1=O. The van der Waals surface area contributed by atoms with Crippen LogP contribution in [0.5, 0.6) is 0 Å². The van der Waals surface area contributed by atoms with Gasteiger partial charge in [0, 0.05) is 26.2 Å². The summed E-state index contributed by atoms with van der Waals surface area (Å²) >= 11 is 0. The maximum absolute atomic E-state index is 12.3. The molecule has 1 atom stereocenters. The number of hydrogen-bond donors (Lipinski definition) is 2. The number of nitrogens with one attached hydrogen (secondary N) is 2. The summed E-state index contributed by atoms with van der Waals surface area (Å²) in [6, 6.07) is 0. The molecule has 0 bridgehead atoms. The van der Waals surface area contributed by atoms with E-state index in [1.165, 1.54) is 6.42 Å². The fourth-order valence-corrected chi connectivity index (χ4v) is 2.58. The van der Waals surface area contributed by atoms with Crippen molar-refractivity contribution in [2.24, 2.45) is 11.3 Å². The van der Waals surface area contributed by atoms with Crippen molar-refractivity contribution in [2.45, 2.75) is 20.3 Å². The molecule has 2 rings (SSSR count). The highest BCUT2D eigenvalue weighted by Gasteiger charge is 2.34. The minimum absolute atomic E-state index is 0.247. The lowest BCUT2D eigenvalue weighted by Gasteiger charge is -2.30. The second-order valence-corrected chi connectivity index (χ2v) is 5.67. The van der Waals surface area contributed by atoms with E-state index in [-0.39, 0.29) is 5.41 Å². The summed E-state index contributed by atoms with van der Waals surface area (Å²) in [6.07, 6.45) is 1.21. The first-order chi connectivity index (χ1) is 7.59. The topological polar surface area (TPSA) is 44.4 Å². The lowest BCUT2D eigenvalue weighted by Crippen LogP contribution is -2.44. The van der Waals surface area contributed by atoms with Crippen molar-refractivity contribution in [2.75, 3.05) is 39.3 Å². The summed E-state index contributed by atoms with van der Waals surface area (Å²) in [6.45, 7) is 9.75. The molecule has 16 heavy (non-hydrogen) atoms. The second kappa shape index (κ2) is 4.72. The van der Waals surface area contributed by atoms with E-state index in [1.807, 2.05) is 13.8 Å². The van der Waals surface area contributed by atoms with Crippen LogP contribution in [-0.4, -0.2) is 50.1 Å². The molecule has 2 aliphatic heterocycles. The Morgan fingerprint density at radius 1 is 1.38 bits per heavy atom. The molecule has 0 aromatic rings. The molecule has 0 saturated carbocycles. The Morgan fingerprint density at radius 3 is 2.88 bits per heavy atom. The lowest BCUT2D eigenvalue weighted by molar-refractivity contribution is -0.139. The van der Waals surface area contributed by atoms with Crippen LogP contribution in [0.4, 0.5) is 0 Å². The van der Waals surface area contributed by atoms with E-state index < -0.39 is 0 Å². The highest BCUT2D eigenvalue weighted by molar-refractivity contribution is 5.82. The number of nitrogens with zero attached hydrogens (tertiary/aromatic N) is 1. The molecular formula is C12H23N3O. The standard InChI is InChI=1S/C12H23N3O/c1-12(2)9-14-5-6-15(11(12)16)8-10-3-4-13-7-10/h10,13-14H,3-9H2,1-2H3. The average Bonchev–Trinajstić information content (AvgIpc) is 2.70. The number of carbonyl (C=O) groups excluding carboxylic acids is 1. The predicted molar refractivity (Wildman–Crippen MR) is 64.2 cm³/mol. The first-order valence-electron chi connectivity index (χ1n) is 6.30. The van der Waals surface area contributed by atoms with Crippen LogP contribution in [-0.2, 0) is 4.79 Å². The van der Waals surface area contributed by atoms with E-state index in [0.717, 1.165) is 39.3 Å². The normalized spacial score (nSPS) is 30.5. The van der Waals surface area contributed by atoms with Crippen LogP contribution in [0.3, 0.4) is 0 Å². The van der Waals surface area contributed by atoms with Crippen molar-refractivity contribution in [3.8, 4) is 0 Å². The second-order valence-electron chi connectivity index (χ2n) is 5.67. The summed E-state index contributed by atoms with van der Waals surface area (Å²) in [5, 5.41) is 6.70. The minimum Gasteiger partial charge on any atom is -0.341 e. The van der Waals surface area contributed by atoms with Gasteiger partial charge in [0.15, 0.2) is 0 Å². The van der Waals surface area contributed by atoms with Crippen molar-refractivity contribution in [1.29, 1.82) is 0 Å². The van der Waals surface area contributed by atoms with Gasteiger partial charge in [-0.3, -0.25) is 4.79 Å². The fourth-order valence-electron chi connectivity index (χ4n) is 2.58. The van der Waals surface area contributed by atoms with Crippen molar-refractivity contribution in [1.82, 2.24) is 15.5 Å². The molecule has 2 aliphatic rings. The van der Waals surface area contributed by atoms with Crippen LogP contribution in [0.1, 0.15) is 20.3 Å². The summed E-state index contributed by atoms with van der Waals surface area (Å²) < 4.78 is 0. The molecule has 92 valence electrons. The Kier molecular flexibility index (Phi) is 3.50. The Bertz CT molecular complexity index is 259. The zero-order valence-electron chi connectivity index (χ0n) is 10.4. The molecule has 2 heterocycles. The van der Waals surface area contributed by atoms with Crippen LogP contribution in [0.2, 0.25) is 0 Å². The molecule has 4 nitrogen and oxygen atoms in total. The molecule has 0 aliphatic carbocycles. The van der Waals surface area contributed by atoms with Gasteiger partial charge in [0.2, 0.25) is 5.91 Å². The zero-order chi connectivity index (χ0) is 11.6. The maximum atomic E-state index is 12.3. The van der Waals surface area contributed by atoms with Crippen molar-refractivity contribution in [3.63, 3.8) is 0 Å². The molecule has 2 N–H and O–H groups in total. The Balaban J connectivity index is 1.98. The largest absolute Gasteiger partial charge is 0.341 e. The minimum atomic E-state index is -0.247. The lowest BCUT2D eigenvalue weighted by atomic mass is 9.91. The molecule has 0 aromatic carbocycles. The van der Waals surface area contributed by atoms with Crippen LogP contribution < -0.4 is 10.6 Å². The third kappa shape index (κ3) is 2.55. The van der Waals surface area contributed by atoms with Gasteiger partial charge >= 0.3 is 0 Å². The number of hydrogen-bond acceptors (Lipinski definition) is 3. The van der Waals surface area contributed by atoms with Crippen molar-refractivity contribution < 1.29 is 4.79 Å². The van der Waals surface area contributed by atoms with Gasteiger partial charge < -0.3 is 15.5 Å². The van der Waals surface area contributed by atoms with E-state index >= 15 is 0 Å². The van der Waals surface area contributed by atoms with Gasteiger partial charge in [-0.2, -0.15) is 0 Å². The zero-order valence-corrected chi connectivity index (χ0v) is 10.4. The van der Waals surface area contributed by atoms with Gasteiger partial charge in [0.05, 0.1) is 5.41 Å². The van der Waals surface area contributed by atoms with Crippen molar-refractivity contribution >= 4 is 5.91 Å². The fraction of sp³-hybridized carbons (Fsp3) is 0.917. The number of amides is 1. The predicted octanol–water partition coefficient (Wildman–Crippen LogP) is 0.0539. The van der Waals surface area contributed by atoms with E-state index in [4.69, 9.17) is 0 Å². The molecule has 2 fully saturated rings. The third-order valence-corrected chi connectivity index (χ3v) is 3.63. The quantitative estimate of drug-likeness (QED) is 0.698. The Hall–Kier alpha value is -0.610. The van der Waals surface area contributed by atoms with Gasteiger partial charge in [0.25, 0.3) is 0 Å². The molecule has 0 spiro atoms. The Morgan fingerprint density at radius 2 is 2.19 bits per heavy atom. The molecule has 4 heteroatoms. The summed E-state index contributed by atoms with van der Waals surface area (Å²) in [5.41, 5.74) is -0.247. The highest BCUT2D eigenvalue weighted by Crippen LogP contribution is 2.21. The van der Waals surface area contributed by atoms with E-state index in [0.29, 0.717) is 11.8 Å². The first-order valence-corrected chi connectivity index (χ1v) is 6.30. The first kappa shape index (κ1) is 11.9. The van der Waals surface area contributed by atoms with Gasteiger partial charge in [0.1, 0.15) is 0 Å². The van der Waals surface area contributed by atoms with E-state index in [2.05, 4.69) is 15.5 Å². The maximum Gasteiger partial charge on any atom is 0.229 e. The van der Waals surface area contributed by atoms with E-state index in [1.54, 1.807) is 0 Å². The van der Waals surface area contributed by atoms with Gasteiger partial charge in [-0.1, -0.05) is 0 Å². The molecular weight excluding hydrogens is 202 g/mol. The van der Waals surface area contributed by atoms with Crippen LogP contribution in [0, 0.1) is 11.3 Å². The third-order valence-electron chi connectivity index (χ3n) is 3.63. The van der Waals surface area contributed by atoms with Crippen LogP contribution in [0.25, 0.3) is 0 Å². The average molecular weight is 225 g/mol. The molecule has 1 amide bonds. The molecule has 2 saturated heterocycles. The molecule has 0 aromatic heterocycles. The van der Waals surface area contributed by atoms with Crippen LogP contribution in [0.15, 0.2) is 0 Å². The highest BCUT2D eigenvalue weighted by atomic mass is 16.2. The number of carbonyl (C=O) groups is 1. The summed E-state index contributed by atoms with van der Waals surface area (Å²) in [4.78, 5) is 14.4.